The first kappa shape index (κ1) is 26.1. The molecular weight excluding hydrogens is 497 g/mol. The number of halogens is 1. The van der Waals surface area contributed by atoms with E-state index < -0.39 is 29.6 Å². The summed E-state index contributed by atoms with van der Waals surface area (Å²) in [4.78, 5) is 40.9. The van der Waals surface area contributed by atoms with Gasteiger partial charge < -0.3 is 21.5 Å². The Hall–Kier alpha value is -3.99. The molecule has 1 aliphatic rings. The summed E-state index contributed by atoms with van der Waals surface area (Å²) >= 11 is 0.712. The Morgan fingerprint density at radius 1 is 1.11 bits per heavy atom. The lowest BCUT2D eigenvalue weighted by Crippen LogP contribution is -2.47. The Balaban J connectivity index is 1.87. The van der Waals surface area contributed by atoms with Crippen molar-refractivity contribution in [1.82, 2.24) is 9.69 Å². The summed E-state index contributed by atoms with van der Waals surface area (Å²) in [6.07, 6.45) is 4.75. The average Bonchev–Trinajstić information content (AvgIpc) is 3.29. The molecule has 4 rings (SSSR count). The van der Waals surface area contributed by atoms with Gasteiger partial charge in [0.05, 0.1) is 18.5 Å². The van der Waals surface area contributed by atoms with Gasteiger partial charge in [-0.05, 0) is 54.2 Å². The molecule has 1 fully saturated rings. The number of nitrogens with one attached hydrogen (secondary N) is 1. The molecular formula is C26H28FN5O4S. The van der Waals surface area contributed by atoms with Crippen LogP contribution >= 0.6 is 11.5 Å². The second kappa shape index (κ2) is 11.4. The molecule has 37 heavy (non-hydrogen) atoms. The van der Waals surface area contributed by atoms with Crippen LogP contribution in [0.3, 0.4) is 0 Å². The third-order valence-corrected chi connectivity index (χ3v) is 7.21. The van der Waals surface area contributed by atoms with E-state index in [1.165, 1.54) is 36.3 Å². The van der Waals surface area contributed by atoms with Crippen molar-refractivity contribution < 1.29 is 23.5 Å². The molecule has 1 saturated carbocycles. The van der Waals surface area contributed by atoms with Crippen molar-refractivity contribution >= 4 is 40.6 Å². The van der Waals surface area contributed by atoms with Gasteiger partial charge in [0.2, 0.25) is 5.91 Å². The highest BCUT2D eigenvalue weighted by molar-refractivity contribution is 7.09. The van der Waals surface area contributed by atoms with Crippen LogP contribution in [-0.4, -0.2) is 35.2 Å². The summed E-state index contributed by atoms with van der Waals surface area (Å²) in [6.45, 7) is 0. The van der Waals surface area contributed by atoms with Gasteiger partial charge in [0.15, 0.2) is 5.69 Å². The molecule has 5 N–H and O–H groups in total. The van der Waals surface area contributed by atoms with E-state index in [4.69, 9.17) is 16.2 Å². The standard InChI is InChI=1S/C26H28FN5O4S/c1-36-19-10-6-5-9-18(19)32(26(35)23-20(28)21(24(29)33)31-37-23)22(15-11-13-16(27)14-12-15)25(34)30-17-7-3-2-4-8-17/h5-6,9-14,17,22H,2-4,7-8,28H2,1H3,(H2,29,33)(H,30,34)/t22-/m1/s1. The predicted molar refractivity (Wildman–Crippen MR) is 139 cm³/mol. The van der Waals surface area contributed by atoms with Crippen LogP contribution in [0, 0.1) is 5.82 Å². The van der Waals surface area contributed by atoms with Crippen LogP contribution in [0.4, 0.5) is 15.8 Å². The Kier molecular flexibility index (Phi) is 8.02. The SMILES string of the molecule is COc1ccccc1N(C(=O)c1snc(C(N)=O)c1N)[C@@H](C(=O)NC1CCCCC1)c1ccc(F)cc1. The summed E-state index contributed by atoms with van der Waals surface area (Å²) < 4.78 is 23.3. The number of hydrogen-bond donors (Lipinski definition) is 3. The number of benzene rings is 2. The molecule has 1 atom stereocenters. The van der Waals surface area contributed by atoms with Gasteiger partial charge >= 0.3 is 0 Å². The van der Waals surface area contributed by atoms with Gasteiger partial charge in [0, 0.05) is 6.04 Å². The minimum atomic E-state index is -1.20. The number of nitrogen functional groups attached to an aromatic ring is 1. The van der Waals surface area contributed by atoms with Crippen molar-refractivity contribution in [1.29, 1.82) is 0 Å². The number of hydrogen-bond acceptors (Lipinski definition) is 7. The monoisotopic (exact) mass is 525 g/mol. The van der Waals surface area contributed by atoms with Gasteiger partial charge in [-0.15, -0.1) is 0 Å². The number of anilines is 2. The topological polar surface area (TPSA) is 141 Å². The van der Waals surface area contributed by atoms with Gasteiger partial charge in [0.25, 0.3) is 11.8 Å². The Morgan fingerprint density at radius 3 is 2.41 bits per heavy atom. The summed E-state index contributed by atoms with van der Waals surface area (Å²) in [5.74, 6) is -2.15. The first-order chi connectivity index (χ1) is 17.8. The van der Waals surface area contributed by atoms with Crippen LogP contribution in [0.1, 0.15) is 63.9 Å². The lowest BCUT2D eigenvalue weighted by atomic mass is 9.94. The first-order valence-corrected chi connectivity index (χ1v) is 12.7. The summed E-state index contributed by atoms with van der Waals surface area (Å²) in [5.41, 5.74) is 11.7. The van der Waals surface area contributed by atoms with E-state index in [0.29, 0.717) is 22.8 Å². The number of rotatable bonds is 8. The molecule has 0 bridgehead atoms. The Bertz CT molecular complexity index is 1290. The van der Waals surface area contributed by atoms with Crippen molar-refractivity contribution in [2.45, 2.75) is 44.2 Å². The number of carbonyl (C=O) groups excluding carboxylic acids is 3. The molecule has 3 aromatic rings. The first-order valence-electron chi connectivity index (χ1n) is 11.9. The minimum Gasteiger partial charge on any atom is -0.495 e. The van der Waals surface area contributed by atoms with E-state index >= 15 is 0 Å². The molecule has 0 radical (unpaired) electrons. The number of para-hydroxylation sites is 2. The quantitative estimate of drug-likeness (QED) is 0.408. The summed E-state index contributed by atoms with van der Waals surface area (Å²) in [7, 11) is 1.45. The van der Waals surface area contributed by atoms with E-state index in [1.807, 2.05) is 0 Å². The average molecular weight is 526 g/mol. The van der Waals surface area contributed by atoms with Crippen LogP contribution in [0.15, 0.2) is 48.5 Å². The molecule has 1 heterocycles. The smallest absolute Gasteiger partial charge is 0.273 e. The fraction of sp³-hybridized carbons (Fsp3) is 0.308. The maximum absolute atomic E-state index is 14.1. The minimum absolute atomic E-state index is 0.0474. The molecule has 0 aliphatic heterocycles. The number of ether oxygens (including phenoxy) is 1. The van der Waals surface area contributed by atoms with Crippen LogP contribution in [0.2, 0.25) is 0 Å². The van der Waals surface area contributed by atoms with E-state index in [0.717, 1.165) is 32.1 Å². The Morgan fingerprint density at radius 2 is 1.78 bits per heavy atom. The fourth-order valence-corrected chi connectivity index (χ4v) is 5.27. The number of nitrogens with zero attached hydrogens (tertiary/aromatic N) is 2. The third kappa shape index (κ3) is 5.56. The van der Waals surface area contributed by atoms with Gasteiger partial charge in [-0.3, -0.25) is 19.3 Å². The number of amides is 3. The largest absolute Gasteiger partial charge is 0.495 e. The van der Waals surface area contributed by atoms with Crippen molar-refractivity contribution in [2.75, 3.05) is 17.7 Å². The molecule has 1 aliphatic carbocycles. The van der Waals surface area contributed by atoms with Crippen molar-refractivity contribution in [2.24, 2.45) is 5.73 Å². The van der Waals surface area contributed by atoms with E-state index in [2.05, 4.69) is 9.69 Å². The van der Waals surface area contributed by atoms with Crippen LogP contribution in [0.25, 0.3) is 0 Å². The highest BCUT2D eigenvalue weighted by Crippen LogP contribution is 2.38. The maximum atomic E-state index is 14.1. The lowest BCUT2D eigenvalue weighted by Gasteiger charge is -2.34. The second-order valence-electron chi connectivity index (χ2n) is 8.78. The van der Waals surface area contributed by atoms with Gasteiger partial charge in [-0.1, -0.05) is 43.5 Å². The van der Waals surface area contributed by atoms with Gasteiger partial charge in [-0.25, -0.2) is 4.39 Å². The Labute approximate surface area is 217 Å². The van der Waals surface area contributed by atoms with Crippen LogP contribution in [-0.2, 0) is 4.79 Å². The zero-order valence-corrected chi connectivity index (χ0v) is 21.1. The molecule has 1 aromatic heterocycles. The van der Waals surface area contributed by atoms with Crippen molar-refractivity contribution in [3.63, 3.8) is 0 Å². The number of aromatic nitrogens is 1. The number of primary amides is 1. The number of methoxy groups -OCH3 is 1. The van der Waals surface area contributed by atoms with E-state index in [-0.39, 0.29) is 28.0 Å². The zero-order chi connectivity index (χ0) is 26.5. The highest BCUT2D eigenvalue weighted by Gasteiger charge is 2.38. The van der Waals surface area contributed by atoms with E-state index in [1.54, 1.807) is 24.3 Å². The molecule has 0 saturated heterocycles. The maximum Gasteiger partial charge on any atom is 0.273 e. The molecule has 11 heteroatoms. The molecule has 2 aromatic carbocycles. The van der Waals surface area contributed by atoms with Crippen molar-refractivity contribution in [3.8, 4) is 5.75 Å². The molecule has 0 unspecified atom stereocenters. The molecule has 3 amide bonds. The van der Waals surface area contributed by atoms with Gasteiger partial charge in [-0.2, -0.15) is 4.37 Å². The zero-order valence-electron chi connectivity index (χ0n) is 20.3. The van der Waals surface area contributed by atoms with E-state index in [9.17, 15) is 18.8 Å². The highest BCUT2D eigenvalue weighted by atomic mass is 32.1. The molecule has 9 nitrogen and oxygen atoms in total. The summed E-state index contributed by atoms with van der Waals surface area (Å²) in [5, 5.41) is 3.08. The fourth-order valence-electron chi connectivity index (χ4n) is 4.52. The van der Waals surface area contributed by atoms with Crippen LogP contribution < -0.4 is 26.4 Å². The summed E-state index contributed by atoms with van der Waals surface area (Å²) in [6, 6.07) is 10.8. The number of carbonyl (C=O) groups is 3. The number of nitrogens with two attached hydrogens (primary N) is 2. The van der Waals surface area contributed by atoms with Gasteiger partial charge in [0.1, 0.15) is 22.5 Å². The van der Waals surface area contributed by atoms with Crippen molar-refractivity contribution in [3.05, 3.63) is 70.5 Å². The molecule has 0 spiro atoms. The lowest BCUT2D eigenvalue weighted by molar-refractivity contribution is -0.123. The normalized spacial score (nSPS) is 14.5. The second-order valence-corrected chi connectivity index (χ2v) is 9.56. The third-order valence-electron chi connectivity index (χ3n) is 6.36. The predicted octanol–water partition coefficient (Wildman–Crippen LogP) is 3.81. The van der Waals surface area contributed by atoms with Crippen LogP contribution in [0.5, 0.6) is 5.75 Å². The molecule has 194 valence electrons.